The first-order valence-corrected chi connectivity index (χ1v) is 8.78. The van der Waals surface area contributed by atoms with Crippen LogP contribution in [-0.2, 0) is 16.4 Å². The first kappa shape index (κ1) is 15.9. The Kier molecular flexibility index (Phi) is 4.58. The molecule has 0 heterocycles. The third kappa shape index (κ3) is 3.57. The summed E-state index contributed by atoms with van der Waals surface area (Å²) in [7, 11) is -3.66. The molecule has 0 fully saturated rings. The van der Waals surface area contributed by atoms with Crippen LogP contribution in [0, 0.1) is 6.92 Å². The molecule has 0 aliphatic rings. The maximum atomic E-state index is 12.4. The van der Waals surface area contributed by atoms with Crippen LogP contribution in [0.4, 0.5) is 11.4 Å². The molecule has 0 radical (unpaired) electrons. The van der Waals surface area contributed by atoms with E-state index in [0.29, 0.717) is 15.8 Å². The zero-order valence-corrected chi connectivity index (χ0v) is 14.3. The lowest BCUT2D eigenvalue weighted by Crippen LogP contribution is -2.14. The number of benzene rings is 2. The molecule has 0 aliphatic carbocycles. The molecule has 112 valence electrons. The number of nitrogen functional groups attached to an aromatic ring is 1. The molecular formula is C15H17BrN2O2S. The molecule has 0 saturated heterocycles. The van der Waals surface area contributed by atoms with Crippen molar-refractivity contribution in [2.45, 2.75) is 25.2 Å². The third-order valence-electron chi connectivity index (χ3n) is 3.18. The summed E-state index contributed by atoms with van der Waals surface area (Å²) in [5.41, 5.74) is 8.84. The molecule has 0 bridgehead atoms. The van der Waals surface area contributed by atoms with E-state index in [2.05, 4.69) is 20.7 Å². The normalized spacial score (nSPS) is 11.4. The van der Waals surface area contributed by atoms with Crippen LogP contribution in [0.25, 0.3) is 0 Å². The smallest absolute Gasteiger partial charge is 0.262 e. The van der Waals surface area contributed by atoms with Crippen molar-refractivity contribution in [1.82, 2.24) is 0 Å². The molecular weight excluding hydrogens is 352 g/mol. The van der Waals surface area contributed by atoms with E-state index in [1.165, 1.54) is 6.07 Å². The Hall–Kier alpha value is -1.53. The standard InChI is InChI=1S/C15H17BrN2O2S/c1-3-11-5-6-12(9-14(11)17)21(19,20)18-15-7-4-10(2)8-13(15)16/h4-9,18H,3,17H2,1-2H3. The molecule has 0 saturated carbocycles. The molecule has 0 aliphatic heterocycles. The predicted molar refractivity (Wildman–Crippen MR) is 89.9 cm³/mol. The molecule has 2 aromatic carbocycles. The Morgan fingerprint density at radius 3 is 2.48 bits per heavy atom. The van der Waals surface area contributed by atoms with E-state index >= 15 is 0 Å². The SMILES string of the molecule is CCc1ccc(S(=O)(=O)Nc2ccc(C)cc2Br)cc1N. The number of rotatable bonds is 4. The van der Waals surface area contributed by atoms with Crippen LogP contribution >= 0.6 is 15.9 Å². The highest BCUT2D eigenvalue weighted by Gasteiger charge is 2.16. The van der Waals surface area contributed by atoms with Gasteiger partial charge in [-0.15, -0.1) is 0 Å². The lowest BCUT2D eigenvalue weighted by molar-refractivity contribution is 0.601. The lowest BCUT2D eigenvalue weighted by Gasteiger charge is -2.12. The average molecular weight is 369 g/mol. The fourth-order valence-corrected chi connectivity index (χ4v) is 3.81. The van der Waals surface area contributed by atoms with E-state index in [9.17, 15) is 8.42 Å². The van der Waals surface area contributed by atoms with E-state index in [0.717, 1.165) is 17.5 Å². The lowest BCUT2D eigenvalue weighted by atomic mass is 10.1. The summed E-state index contributed by atoms with van der Waals surface area (Å²) in [6.45, 7) is 3.91. The summed E-state index contributed by atoms with van der Waals surface area (Å²) in [4.78, 5) is 0.157. The van der Waals surface area contributed by atoms with Crippen LogP contribution < -0.4 is 10.5 Å². The van der Waals surface area contributed by atoms with Gasteiger partial charge in [0, 0.05) is 10.2 Å². The molecule has 0 aromatic heterocycles. The van der Waals surface area contributed by atoms with Crippen molar-refractivity contribution < 1.29 is 8.42 Å². The molecule has 3 N–H and O–H groups in total. The molecule has 2 aromatic rings. The number of sulfonamides is 1. The second-order valence-corrected chi connectivity index (χ2v) is 7.34. The Morgan fingerprint density at radius 2 is 1.90 bits per heavy atom. The Balaban J connectivity index is 2.36. The van der Waals surface area contributed by atoms with Crippen LogP contribution in [0.15, 0.2) is 45.8 Å². The van der Waals surface area contributed by atoms with Crippen molar-refractivity contribution in [2.24, 2.45) is 0 Å². The second kappa shape index (κ2) is 6.07. The zero-order chi connectivity index (χ0) is 15.6. The van der Waals surface area contributed by atoms with Crippen molar-refractivity contribution in [2.75, 3.05) is 10.5 Å². The van der Waals surface area contributed by atoms with Crippen molar-refractivity contribution in [3.63, 3.8) is 0 Å². The first-order valence-electron chi connectivity index (χ1n) is 6.51. The third-order valence-corrected chi connectivity index (χ3v) is 5.20. The van der Waals surface area contributed by atoms with Crippen LogP contribution in [0.1, 0.15) is 18.1 Å². The fourth-order valence-electron chi connectivity index (χ4n) is 1.97. The van der Waals surface area contributed by atoms with Gasteiger partial charge in [0.15, 0.2) is 0 Å². The first-order chi connectivity index (χ1) is 9.83. The molecule has 0 amide bonds. The van der Waals surface area contributed by atoms with Gasteiger partial charge in [-0.05, 0) is 64.7 Å². The zero-order valence-electron chi connectivity index (χ0n) is 11.9. The summed E-state index contributed by atoms with van der Waals surface area (Å²) >= 11 is 3.36. The van der Waals surface area contributed by atoms with Gasteiger partial charge < -0.3 is 5.73 Å². The number of halogens is 1. The van der Waals surface area contributed by atoms with Crippen LogP contribution in [0.3, 0.4) is 0 Å². The monoisotopic (exact) mass is 368 g/mol. The quantitative estimate of drug-likeness (QED) is 0.808. The topological polar surface area (TPSA) is 72.2 Å². The van der Waals surface area contributed by atoms with E-state index in [1.807, 2.05) is 26.0 Å². The molecule has 2 rings (SSSR count). The van der Waals surface area contributed by atoms with Gasteiger partial charge in [-0.25, -0.2) is 8.42 Å². The molecule has 0 spiro atoms. The van der Waals surface area contributed by atoms with E-state index in [1.54, 1.807) is 18.2 Å². The Bertz CT molecular complexity index is 773. The van der Waals surface area contributed by atoms with Gasteiger partial charge in [0.25, 0.3) is 10.0 Å². The molecule has 0 atom stereocenters. The van der Waals surface area contributed by atoms with Crippen molar-refractivity contribution in [3.05, 3.63) is 52.0 Å². The van der Waals surface area contributed by atoms with Crippen molar-refractivity contribution >= 4 is 37.3 Å². The number of hydrogen-bond donors (Lipinski definition) is 2. The van der Waals surface area contributed by atoms with Gasteiger partial charge >= 0.3 is 0 Å². The molecule has 0 unspecified atom stereocenters. The maximum absolute atomic E-state index is 12.4. The van der Waals surface area contributed by atoms with Gasteiger partial charge in [0.1, 0.15) is 0 Å². The number of aryl methyl sites for hydroxylation is 2. The highest BCUT2D eigenvalue weighted by molar-refractivity contribution is 9.10. The largest absolute Gasteiger partial charge is 0.398 e. The van der Waals surface area contributed by atoms with Gasteiger partial charge in [0.2, 0.25) is 0 Å². The van der Waals surface area contributed by atoms with Gasteiger partial charge in [0.05, 0.1) is 10.6 Å². The van der Waals surface area contributed by atoms with Crippen molar-refractivity contribution in [1.29, 1.82) is 0 Å². The molecule has 6 heteroatoms. The average Bonchev–Trinajstić information content (AvgIpc) is 2.42. The second-order valence-electron chi connectivity index (χ2n) is 4.80. The molecule has 21 heavy (non-hydrogen) atoms. The highest BCUT2D eigenvalue weighted by atomic mass is 79.9. The van der Waals surface area contributed by atoms with Crippen LogP contribution in [0.2, 0.25) is 0 Å². The predicted octanol–water partition coefficient (Wildman–Crippen LogP) is 3.70. The Morgan fingerprint density at radius 1 is 1.19 bits per heavy atom. The fraction of sp³-hybridized carbons (Fsp3) is 0.200. The maximum Gasteiger partial charge on any atom is 0.262 e. The summed E-state index contributed by atoms with van der Waals surface area (Å²) in [6.07, 6.45) is 0.767. The minimum atomic E-state index is -3.66. The number of nitrogens with one attached hydrogen (secondary N) is 1. The summed E-state index contributed by atoms with van der Waals surface area (Å²) in [6, 6.07) is 10.2. The van der Waals surface area contributed by atoms with Gasteiger partial charge in [-0.1, -0.05) is 19.1 Å². The minimum Gasteiger partial charge on any atom is -0.398 e. The van der Waals surface area contributed by atoms with Crippen LogP contribution in [-0.4, -0.2) is 8.42 Å². The Labute approximate surface area is 133 Å². The number of hydrogen-bond acceptors (Lipinski definition) is 3. The number of nitrogens with two attached hydrogens (primary N) is 1. The minimum absolute atomic E-state index is 0.157. The highest BCUT2D eigenvalue weighted by Crippen LogP contribution is 2.27. The van der Waals surface area contributed by atoms with Crippen LogP contribution in [0.5, 0.6) is 0 Å². The summed E-state index contributed by atoms with van der Waals surface area (Å²) in [5.74, 6) is 0. The van der Waals surface area contributed by atoms with E-state index in [-0.39, 0.29) is 4.90 Å². The summed E-state index contributed by atoms with van der Waals surface area (Å²) < 4.78 is 28.1. The van der Waals surface area contributed by atoms with Gasteiger partial charge in [-0.3, -0.25) is 4.72 Å². The molecule has 4 nitrogen and oxygen atoms in total. The van der Waals surface area contributed by atoms with Gasteiger partial charge in [-0.2, -0.15) is 0 Å². The van der Waals surface area contributed by atoms with Crippen molar-refractivity contribution in [3.8, 4) is 0 Å². The van der Waals surface area contributed by atoms with E-state index in [4.69, 9.17) is 5.73 Å². The summed E-state index contributed by atoms with van der Waals surface area (Å²) in [5, 5.41) is 0. The van der Waals surface area contributed by atoms with E-state index < -0.39 is 10.0 Å². The number of anilines is 2.